The first kappa shape index (κ1) is 15.6. The summed E-state index contributed by atoms with van der Waals surface area (Å²) in [6.07, 6.45) is 1.73. The lowest BCUT2D eigenvalue weighted by Gasteiger charge is -2.08. The number of aryl methyl sites for hydroxylation is 2. The molecule has 0 saturated heterocycles. The summed E-state index contributed by atoms with van der Waals surface area (Å²) >= 11 is 0. The van der Waals surface area contributed by atoms with Crippen molar-refractivity contribution >= 4 is 16.9 Å². The number of carbonyl (C=O) groups is 1. The Balaban J connectivity index is 1.58. The topological polar surface area (TPSA) is 61.2 Å². The second-order valence-corrected chi connectivity index (χ2v) is 6.38. The molecule has 0 spiro atoms. The predicted octanol–water partition coefficient (Wildman–Crippen LogP) is 3.01. The van der Waals surface area contributed by atoms with Gasteiger partial charge in [0.2, 0.25) is 0 Å². The van der Waals surface area contributed by atoms with Crippen LogP contribution in [-0.4, -0.2) is 15.5 Å². The zero-order chi connectivity index (χ0) is 17.4. The normalized spacial score (nSPS) is 13.0. The molecule has 5 heteroatoms. The van der Waals surface area contributed by atoms with E-state index in [0.29, 0.717) is 16.5 Å². The van der Waals surface area contributed by atoms with Gasteiger partial charge in [-0.2, -0.15) is 0 Å². The van der Waals surface area contributed by atoms with Gasteiger partial charge in [-0.05, 0) is 37.1 Å². The van der Waals surface area contributed by atoms with Crippen molar-refractivity contribution < 1.29 is 9.53 Å². The molecule has 25 heavy (non-hydrogen) atoms. The number of nitrogens with zero attached hydrogens (tertiary/aromatic N) is 2. The van der Waals surface area contributed by atoms with E-state index in [4.69, 9.17) is 4.74 Å². The van der Waals surface area contributed by atoms with Crippen LogP contribution in [0.15, 0.2) is 47.3 Å². The molecule has 0 bridgehead atoms. The minimum Gasteiger partial charge on any atom is -0.457 e. The Kier molecular flexibility index (Phi) is 3.84. The SMILES string of the molecule is Cc1ccc(COC(=O)c2ccc3c(=O)n4c(nc3c2)CCC4)cc1. The average molecular weight is 334 g/mol. The van der Waals surface area contributed by atoms with E-state index in [1.807, 2.05) is 31.2 Å². The third kappa shape index (κ3) is 2.93. The number of benzene rings is 2. The highest BCUT2D eigenvalue weighted by molar-refractivity contribution is 5.94. The van der Waals surface area contributed by atoms with Crippen molar-refractivity contribution in [3.63, 3.8) is 0 Å². The minimum atomic E-state index is -0.412. The summed E-state index contributed by atoms with van der Waals surface area (Å²) in [4.78, 5) is 29.3. The third-order valence-electron chi connectivity index (χ3n) is 4.54. The van der Waals surface area contributed by atoms with Gasteiger partial charge in [0.1, 0.15) is 12.4 Å². The number of aromatic nitrogens is 2. The molecule has 4 rings (SSSR count). The quantitative estimate of drug-likeness (QED) is 0.691. The molecule has 5 nitrogen and oxygen atoms in total. The molecule has 1 aromatic heterocycles. The summed E-state index contributed by atoms with van der Waals surface area (Å²) < 4.78 is 7.10. The molecule has 0 amide bonds. The first-order chi connectivity index (χ1) is 12.1. The van der Waals surface area contributed by atoms with Gasteiger partial charge in [0.25, 0.3) is 5.56 Å². The van der Waals surface area contributed by atoms with E-state index >= 15 is 0 Å². The summed E-state index contributed by atoms with van der Waals surface area (Å²) in [5.74, 6) is 0.382. The maximum Gasteiger partial charge on any atom is 0.338 e. The second kappa shape index (κ2) is 6.16. The highest BCUT2D eigenvalue weighted by atomic mass is 16.5. The molecule has 126 valence electrons. The van der Waals surface area contributed by atoms with Crippen molar-refractivity contribution in [1.82, 2.24) is 9.55 Å². The van der Waals surface area contributed by atoms with E-state index in [2.05, 4.69) is 4.98 Å². The Morgan fingerprint density at radius 1 is 1.20 bits per heavy atom. The summed E-state index contributed by atoms with van der Waals surface area (Å²) in [5, 5.41) is 0.542. The molecule has 2 heterocycles. The molecule has 3 aromatic rings. The number of hydrogen-bond acceptors (Lipinski definition) is 4. The highest BCUT2D eigenvalue weighted by Gasteiger charge is 2.17. The van der Waals surface area contributed by atoms with Gasteiger partial charge in [-0.15, -0.1) is 0 Å². The Hall–Kier alpha value is -2.95. The smallest absolute Gasteiger partial charge is 0.338 e. The lowest BCUT2D eigenvalue weighted by Crippen LogP contribution is -2.21. The van der Waals surface area contributed by atoms with Gasteiger partial charge in [0.15, 0.2) is 0 Å². The maximum atomic E-state index is 12.4. The van der Waals surface area contributed by atoms with Crippen LogP contribution in [0.4, 0.5) is 0 Å². The van der Waals surface area contributed by atoms with E-state index in [1.54, 1.807) is 22.8 Å². The zero-order valence-electron chi connectivity index (χ0n) is 14.0. The number of rotatable bonds is 3. The van der Waals surface area contributed by atoms with Crippen LogP contribution in [0.5, 0.6) is 0 Å². The van der Waals surface area contributed by atoms with E-state index < -0.39 is 5.97 Å². The van der Waals surface area contributed by atoms with Crippen LogP contribution in [0, 0.1) is 6.92 Å². The number of esters is 1. The van der Waals surface area contributed by atoms with Crippen LogP contribution in [-0.2, 0) is 24.3 Å². The van der Waals surface area contributed by atoms with E-state index in [-0.39, 0.29) is 12.2 Å². The monoisotopic (exact) mass is 334 g/mol. The van der Waals surface area contributed by atoms with Gasteiger partial charge >= 0.3 is 5.97 Å². The first-order valence-corrected chi connectivity index (χ1v) is 8.38. The van der Waals surface area contributed by atoms with Crippen LogP contribution in [0.2, 0.25) is 0 Å². The fourth-order valence-electron chi connectivity index (χ4n) is 3.13. The molecule has 0 radical (unpaired) electrons. The highest BCUT2D eigenvalue weighted by Crippen LogP contribution is 2.17. The molecular formula is C20H18N2O3. The van der Waals surface area contributed by atoms with Gasteiger partial charge in [0.05, 0.1) is 16.5 Å². The third-order valence-corrected chi connectivity index (χ3v) is 4.54. The number of hydrogen-bond donors (Lipinski definition) is 0. The van der Waals surface area contributed by atoms with Gasteiger partial charge in [-0.1, -0.05) is 29.8 Å². The van der Waals surface area contributed by atoms with E-state index in [0.717, 1.165) is 36.3 Å². The van der Waals surface area contributed by atoms with Crippen molar-refractivity contribution in [2.45, 2.75) is 32.9 Å². The summed E-state index contributed by atoms with van der Waals surface area (Å²) in [7, 11) is 0. The first-order valence-electron chi connectivity index (χ1n) is 8.38. The Morgan fingerprint density at radius 3 is 2.80 bits per heavy atom. The van der Waals surface area contributed by atoms with E-state index in [9.17, 15) is 9.59 Å². The Labute approximate surface area is 144 Å². The molecule has 1 aliphatic rings. The van der Waals surface area contributed by atoms with Crippen molar-refractivity contribution in [3.05, 3.63) is 75.3 Å². The van der Waals surface area contributed by atoms with E-state index in [1.165, 1.54) is 0 Å². The number of carbonyl (C=O) groups excluding carboxylic acids is 1. The zero-order valence-corrected chi connectivity index (χ0v) is 14.0. The molecule has 2 aromatic carbocycles. The minimum absolute atomic E-state index is 0.0305. The van der Waals surface area contributed by atoms with Crippen LogP contribution in [0.1, 0.15) is 33.7 Å². The summed E-state index contributed by atoms with van der Waals surface area (Å²) in [6, 6.07) is 12.8. The maximum absolute atomic E-state index is 12.4. The second-order valence-electron chi connectivity index (χ2n) is 6.38. The summed E-state index contributed by atoms with van der Waals surface area (Å²) in [6.45, 7) is 2.95. The van der Waals surface area contributed by atoms with Crippen LogP contribution >= 0.6 is 0 Å². The van der Waals surface area contributed by atoms with Crippen LogP contribution in [0.3, 0.4) is 0 Å². The molecular weight excluding hydrogens is 316 g/mol. The molecule has 0 aliphatic carbocycles. The van der Waals surface area contributed by atoms with Crippen LogP contribution < -0.4 is 5.56 Å². The fraction of sp³-hybridized carbons (Fsp3) is 0.250. The van der Waals surface area contributed by atoms with Crippen molar-refractivity contribution in [2.24, 2.45) is 0 Å². The lowest BCUT2D eigenvalue weighted by atomic mass is 10.1. The van der Waals surface area contributed by atoms with Crippen molar-refractivity contribution in [2.75, 3.05) is 0 Å². The standard InChI is InChI=1S/C20H18N2O3/c1-13-4-6-14(7-5-13)12-25-20(24)15-8-9-16-17(11-15)21-18-3-2-10-22(18)19(16)23/h4-9,11H,2-3,10,12H2,1H3. The summed E-state index contributed by atoms with van der Waals surface area (Å²) in [5.41, 5.74) is 3.04. The van der Waals surface area contributed by atoms with Gasteiger partial charge < -0.3 is 4.74 Å². The molecule has 0 unspecified atom stereocenters. The fourth-order valence-corrected chi connectivity index (χ4v) is 3.13. The van der Waals surface area contributed by atoms with Crippen molar-refractivity contribution in [3.8, 4) is 0 Å². The number of ether oxygens (including phenoxy) is 1. The van der Waals surface area contributed by atoms with Gasteiger partial charge in [-0.25, -0.2) is 9.78 Å². The van der Waals surface area contributed by atoms with Crippen LogP contribution in [0.25, 0.3) is 10.9 Å². The largest absolute Gasteiger partial charge is 0.457 e. The predicted molar refractivity (Wildman–Crippen MR) is 94.6 cm³/mol. The van der Waals surface area contributed by atoms with Gasteiger partial charge in [-0.3, -0.25) is 9.36 Å². The Bertz CT molecular complexity index is 1020. The number of fused-ring (bicyclic) bond motifs is 2. The van der Waals surface area contributed by atoms with Crippen molar-refractivity contribution in [1.29, 1.82) is 0 Å². The molecule has 0 atom stereocenters. The molecule has 0 N–H and O–H groups in total. The Morgan fingerprint density at radius 2 is 2.00 bits per heavy atom. The molecule has 0 fully saturated rings. The molecule has 1 aliphatic heterocycles. The molecule has 0 saturated carbocycles. The average Bonchev–Trinajstić information content (AvgIpc) is 3.09. The lowest BCUT2D eigenvalue weighted by molar-refractivity contribution is 0.0473. The van der Waals surface area contributed by atoms with Gasteiger partial charge in [0, 0.05) is 13.0 Å².